The van der Waals surface area contributed by atoms with E-state index in [9.17, 15) is 9.59 Å². The molecule has 156 valence electrons. The third-order valence-corrected chi connectivity index (χ3v) is 5.50. The molecule has 5 nitrogen and oxygen atoms in total. The fourth-order valence-electron chi connectivity index (χ4n) is 3.77. The third kappa shape index (κ3) is 3.87. The summed E-state index contributed by atoms with van der Waals surface area (Å²) in [6.45, 7) is 6.50. The zero-order chi connectivity index (χ0) is 22.1. The average molecular weight is 412 g/mol. The van der Waals surface area contributed by atoms with Gasteiger partial charge in [0.05, 0.1) is 23.6 Å². The van der Waals surface area contributed by atoms with Crippen LogP contribution in [0.3, 0.4) is 0 Å². The van der Waals surface area contributed by atoms with Crippen LogP contribution in [0.5, 0.6) is 5.75 Å². The van der Waals surface area contributed by atoms with Crippen molar-refractivity contribution >= 4 is 16.8 Å². The van der Waals surface area contributed by atoms with Gasteiger partial charge in [-0.15, -0.1) is 0 Å². The molecule has 4 aromatic rings. The van der Waals surface area contributed by atoms with Gasteiger partial charge in [0.25, 0.3) is 0 Å². The molecule has 0 aliphatic rings. The molecule has 0 amide bonds. The molecule has 2 aromatic heterocycles. The van der Waals surface area contributed by atoms with Gasteiger partial charge < -0.3 is 9.30 Å². The van der Waals surface area contributed by atoms with Crippen LogP contribution in [-0.4, -0.2) is 22.4 Å². The number of nitrogens with zero attached hydrogens (tertiary/aromatic N) is 2. The number of hydrogen-bond acceptors (Lipinski definition) is 4. The van der Waals surface area contributed by atoms with Crippen LogP contribution in [0.1, 0.15) is 38.3 Å². The normalized spacial score (nSPS) is 11.0. The highest BCUT2D eigenvalue weighted by atomic mass is 16.5. The molecule has 2 heterocycles. The number of para-hydroxylation sites is 1. The van der Waals surface area contributed by atoms with E-state index in [2.05, 4.69) is 30.1 Å². The fourth-order valence-corrected chi connectivity index (χ4v) is 3.77. The zero-order valence-electron chi connectivity index (χ0n) is 18.1. The number of methoxy groups -OCH3 is 1. The number of aromatic nitrogens is 2. The fraction of sp³-hybridized carbons (Fsp3) is 0.192. The Bertz CT molecular complexity index is 1370. The van der Waals surface area contributed by atoms with Gasteiger partial charge in [0, 0.05) is 18.4 Å². The van der Waals surface area contributed by atoms with Crippen molar-refractivity contribution in [1.29, 1.82) is 0 Å². The van der Waals surface area contributed by atoms with E-state index in [0.29, 0.717) is 28.9 Å². The minimum absolute atomic E-state index is 0.105. The zero-order valence-corrected chi connectivity index (χ0v) is 18.1. The maximum atomic E-state index is 13.4. The highest BCUT2D eigenvalue weighted by Crippen LogP contribution is 2.22. The number of hydrogen-bond donors (Lipinski definition) is 0. The maximum Gasteiger partial charge on any atom is 0.202 e. The van der Waals surface area contributed by atoms with Crippen LogP contribution in [0, 0.1) is 20.8 Å². The number of carbonyl (C=O) groups excluding carboxylic acids is 1. The van der Waals surface area contributed by atoms with Gasteiger partial charge in [0.15, 0.2) is 0 Å². The molecule has 0 radical (unpaired) electrons. The quantitative estimate of drug-likeness (QED) is 0.449. The predicted molar refractivity (Wildman–Crippen MR) is 122 cm³/mol. The molecule has 0 saturated carbocycles. The van der Waals surface area contributed by atoms with E-state index < -0.39 is 0 Å². The first-order valence-electron chi connectivity index (χ1n) is 10.1. The third-order valence-electron chi connectivity index (χ3n) is 5.50. The Hall–Kier alpha value is -3.73. The second-order valence-corrected chi connectivity index (χ2v) is 7.78. The smallest absolute Gasteiger partial charge is 0.202 e. The monoisotopic (exact) mass is 412 g/mol. The second-order valence-electron chi connectivity index (χ2n) is 7.78. The molecule has 0 bridgehead atoms. The Kier molecular flexibility index (Phi) is 5.42. The number of rotatable bonds is 5. The lowest BCUT2D eigenvalue weighted by molar-refractivity contribution is 0.103. The minimum Gasteiger partial charge on any atom is -0.496 e. The van der Waals surface area contributed by atoms with Crippen LogP contribution in [-0.2, 0) is 6.54 Å². The molecule has 0 atom stereocenters. The molecular weight excluding hydrogens is 388 g/mol. The number of aryl methyl sites for hydroxylation is 3. The van der Waals surface area contributed by atoms with E-state index in [1.165, 1.54) is 7.11 Å². The molecular formula is C26H24N2O3. The molecule has 2 aromatic carbocycles. The van der Waals surface area contributed by atoms with Crippen molar-refractivity contribution in [2.24, 2.45) is 0 Å². The highest BCUT2D eigenvalue weighted by Gasteiger charge is 2.21. The average Bonchev–Trinajstić information content (AvgIpc) is 2.77. The van der Waals surface area contributed by atoms with Crippen LogP contribution in [0.2, 0.25) is 0 Å². The van der Waals surface area contributed by atoms with Crippen molar-refractivity contribution in [2.75, 3.05) is 7.11 Å². The Morgan fingerprint density at radius 2 is 1.77 bits per heavy atom. The first-order chi connectivity index (χ1) is 14.9. The Labute approximate surface area is 181 Å². The van der Waals surface area contributed by atoms with Crippen molar-refractivity contribution in [1.82, 2.24) is 9.55 Å². The lowest BCUT2D eigenvalue weighted by atomic mass is 10.0. The lowest BCUT2D eigenvalue weighted by Gasteiger charge is -2.15. The van der Waals surface area contributed by atoms with E-state index in [1.54, 1.807) is 42.6 Å². The SMILES string of the molecule is COc1ccccc1C(=O)c1cn(Cc2cc(C)ccc2C)c2nc(C)ccc2c1=O. The van der Waals surface area contributed by atoms with Crippen molar-refractivity contribution in [3.05, 3.63) is 105 Å². The van der Waals surface area contributed by atoms with Crippen LogP contribution >= 0.6 is 0 Å². The molecule has 0 saturated heterocycles. The summed E-state index contributed by atoms with van der Waals surface area (Å²) in [7, 11) is 1.51. The van der Waals surface area contributed by atoms with Gasteiger partial charge in [-0.25, -0.2) is 4.98 Å². The summed E-state index contributed by atoms with van der Waals surface area (Å²) in [6.07, 6.45) is 1.63. The summed E-state index contributed by atoms with van der Waals surface area (Å²) in [5.41, 5.74) is 4.93. The molecule has 0 N–H and O–H groups in total. The maximum absolute atomic E-state index is 13.4. The summed E-state index contributed by atoms with van der Waals surface area (Å²) < 4.78 is 7.24. The summed E-state index contributed by atoms with van der Waals surface area (Å²) >= 11 is 0. The van der Waals surface area contributed by atoms with Crippen molar-refractivity contribution in [2.45, 2.75) is 27.3 Å². The number of pyridine rings is 2. The highest BCUT2D eigenvalue weighted by molar-refractivity contribution is 6.11. The number of fused-ring (bicyclic) bond motifs is 1. The van der Waals surface area contributed by atoms with E-state index in [4.69, 9.17) is 4.74 Å². The molecule has 0 aliphatic carbocycles. The van der Waals surface area contributed by atoms with Gasteiger partial charge in [0.1, 0.15) is 11.4 Å². The van der Waals surface area contributed by atoms with Crippen LogP contribution in [0.15, 0.2) is 65.6 Å². The summed E-state index contributed by atoms with van der Waals surface area (Å²) in [5, 5.41) is 0.427. The number of carbonyl (C=O) groups is 1. The summed E-state index contributed by atoms with van der Waals surface area (Å²) in [4.78, 5) is 31.3. The van der Waals surface area contributed by atoms with Gasteiger partial charge in [-0.1, -0.05) is 35.9 Å². The van der Waals surface area contributed by atoms with E-state index >= 15 is 0 Å². The summed E-state index contributed by atoms with van der Waals surface area (Å²) in [6, 6.07) is 16.8. The van der Waals surface area contributed by atoms with Crippen molar-refractivity contribution < 1.29 is 9.53 Å². The minimum atomic E-state index is -0.361. The topological polar surface area (TPSA) is 61.2 Å². The van der Waals surface area contributed by atoms with Gasteiger partial charge >= 0.3 is 0 Å². The largest absolute Gasteiger partial charge is 0.496 e. The van der Waals surface area contributed by atoms with Crippen molar-refractivity contribution in [3.63, 3.8) is 0 Å². The van der Waals surface area contributed by atoms with Crippen LogP contribution < -0.4 is 10.2 Å². The Morgan fingerprint density at radius 3 is 2.55 bits per heavy atom. The number of benzene rings is 2. The van der Waals surface area contributed by atoms with Crippen molar-refractivity contribution in [3.8, 4) is 5.75 Å². The van der Waals surface area contributed by atoms with E-state index in [1.807, 2.05) is 18.4 Å². The predicted octanol–water partition coefficient (Wildman–Crippen LogP) is 4.61. The van der Waals surface area contributed by atoms with Gasteiger partial charge in [-0.3, -0.25) is 9.59 Å². The molecule has 0 aliphatic heterocycles. The molecule has 0 fully saturated rings. The van der Waals surface area contributed by atoms with E-state index in [0.717, 1.165) is 22.4 Å². The van der Waals surface area contributed by atoms with Gasteiger partial charge in [-0.05, 0) is 56.2 Å². The molecule has 5 heteroatoms. The molecule has 4 rings (SSSR count). The lowest BCUT2D eigenvalue weighted by Crippen LogP contribution is -2.21. The van der Waals surface area contributed by atoms with Crippen LogP contribution in [0.4, 0.5) is 0 Å². The van der Waals surface area contributed by atoms with Crippen LogP contribution in [0.25, 0.3) is 11.0 Å². The molecule has 0 unspecified atom stereocenters. The molecule has 31 heavy (non-hydrogen) atoms. The second kappa shape index (κ2) is 8.19. The Balaban J connectivity index is 1.94. The number of ketones is 1. The first kappa shape index (κ1) is 20.5. The standard InChI is InChI=1S/C26H24N2O3/c1-16-9-10-17(2)19(13-16)14-28-15-22(24(29)20-7-5-6-8-23(20)31-4)25(30)21-12-11-18(3)27-26(21)28/h5-13,15H,14H2,1-4H3. The van der Waals surface area contributed by atoms with Gasteiger partial charge in [-0.2, -0.15) is 0 Å². The van der Waals surface area contributed by atoms with E-state index in [-0.39, 0.29) is 16.8 Å². The number of ether oxygens (including phenoxy) is 1. The molecule has 0 spiro atoms. The summed E-state index contributed by atoms with van der Waals surface area (Å²) in [5.74, 6) is 0.0785. The van der Waals surface area contributed by atoms with Gasteiger partial charge in [0.2, 0.25) is 11.2 Å². The first-order valence-corrected chi connectivity index (χ1v) is 10.1. The Morgan fingerprint density at radius 1 is 1.00 bits per heavy atom.